The van der Waals surface area contributed by atoms with Gasteiger partial charge in [-0.3, -0.25) is 4.98 Å². The molecule has 1 aromatic heterocycles. The van der Waals surface area contributed by atoms with Gasteiger partial charge in [0, 0.05) is 6.20 Å². The van der Waals surface area contributed by atoms with E-state index in [2.05, 4.69) is 15.2 Å². The van der Waals surface area contributed by atoms with E-state index in [-0.39, 0.29) is 0 Å². The van der Waals surface area contributed by atoms with Gasteiger partial charge in [-0.05, 0) is 24.3 Å². The molecule has 0 spiro atoms. The van der Waals surface area contributed by atoms with Gasteiger partial charge in [-0.1, -0.05) is 29.8 Å². The van der Waals surface area contributed by atoms with Gasteiger partial charge in [0.2, 0.25) is 0 Å². The van der Waals surface area contributed by atoms with Crippen molar-refractivity contribution >= 4 is 17.3 Å². The first-order valence-electron chi connectivity index (χ1n) is 4.88. The van der Waals surface area contributed by atoms with Crippen molar-refractivity contribution < 1.29 is 0 Å². The molecule has 80 valence electrons. The molecule has 0 aliphatic heterocycles. The smallest absolute Gasteiger partial charge is 0.104 e. The van der Waals surface area contributed by atoms with Gasteiger partial charge in [-0.2, -0.15) is 10.2 Å². The Balaban J connectivity index is 2.03. The van der Waals surface area contributed by atoms with Crippen LogP contribution in [0.4, 0.5) is 5.69 Å². The van der Waals surface area contributed by atoms with Crippen LogP contribution in [0, 0.1) is 0 Å². The lowest BCUT2D eigenvalue weighted by atomic mass is 10.3. The Kier molecular flexibility index (Phi) is 3.62. The minimum absolute atomic E-state index is 0.464. The van der Waals surface area contributed by atoms with Crippen molar-refractivity contribution in [3.8, 4) is 0 Å². The fraction of sp³-hybridized carbons (Fsp3) is 0.0833. The lowest BCUT2D eigenvalue weighted by molar-refractivity contribution is 0.915. The maximum Gasteiger partial charge on any atom is 0.104 e. The number of halogens is 1. The summed E-state index contributed by atoms with van der Waals surface area (Å²) in [5.74, 6) is 0. The van der Waals surface area contributed by atoms with Gasteiger partial charge in [0.1, 0.15) is 12.2 Å². The third-order valence-electron chi connectivity index (χ3n) is 1.99. The molecule has 4 heteroatoms. The monoisotopic (exact) mass is 231 g/mol. The van der Waals surface area contributed by atoms with Crippen molar-refractivity contribution in [2.24, 2.45) is 10.2 Å². The molecule has 0 radical (unpaired) electrons. The number of azo groups is 1. The van der Waals surface area contributed by atoms with Crippen LogP contribution in [0.5, 0.6) is 0 Å². The maximum atomic E-state index is 5.94. The lowest BCUT2D eigenvalue weighted by Crippen LogP contribution is -1.83. The Morgan fingerprint density at radius 3 is 2.62 bits per heavy atom. The lowest BCUT2D eigenvalue weighted by Gasteiger charge is -1.95. The van der Waals surface area contributed by atoms with Crippen LogP contribution in [-0.4, -0.2) is 4.98 Å². The van der Waals surface area contributed by atoms with Crippen molar-refractivity contribution in [1.29, 1.82) is 0 Å². The second-order valence-corrected chi connectivity index (χ2v) is 3.58. The second-order valence-electron chi connectivity index (χ2n) is 3.17. The molecule has 16 heavy (non-hydrogen) atoms. The standard InChI is InChI=1S/C12H10ClN3/c13-11-6-1-2-7-12(11)16-15-9-10-5-3-4-8-14-10/h1-8H,9H2. The average molecular weight is 232 g/mol. The highest BCUT2D eigenvalue weighted by Crippen LogP contribution is 2.23. The molecule has 0 saturated carbocycles. The molecule has 0 amide bonds. The zero-order valence-corrected chi connectivity index (χ0v) is 9.30. The molecule has 3 nitrogen and oxygen atoms in total. The van der Waals surface area contributed by atoms with E-state index in [1.54, 1.807) is 12.3 Å². The van der Waals surface area contributed by atoms with E-state index in [0.717, 1.165) is 5.69 Å². The third-order valence-corrected chi connectivity index (χ3v) is 2.31. The summed E-state index contributed by atoms with van der Waals surface area (Å²) in [6.45, 7) is 0.464. The maximum absolute atomic E-state index is 5.94. The SMILES string of the molecule is Clc1ccccc1N=NCc1ccccn1. The van der Waals surface area contributed by atoms with E-state index >= 15 is 0 Å². The highest BCUT2D eigenvalue weighted by Gasteiger charge is 1.95. The average Bonchev–Trinajstić information content (AvgIpc) is 2.33. The van der Waals surface area contributed by atoms with Crippen molar-refractivity contribution in [2.75, 3.05) is 0 Å². The van der Waals surface area contributed by atoms with E-state index < -0.39 is 0 Å². The molecule has 0 unspecified atom stereocenters. The summed E-state index contributed by atoms with van der Waals surface area (Å²) in [6, 6.07) is 13.1. The van der Waals surface area contributed by atoms with Crippen molar-refractivity contribution in [3.63, 3.8) is 0 Å². The Labute approximate surface area is 98.8 Å². The summed E-state index contributed by atoms with van der Waals surface area (Å²) < 4.78 is 0. The first kappa shape index (κ1) is 10.8. The normalized spacial score (nSPS) is 10.8. The van der Waals surface area contributed by atoms with Crippen LogP contribution in [0.2, 0.25) is 5.02 Å². The molecule has 0 bridgehead atoms. The minimum Gasteiger partial charge on any atom is -0.259 e. The van der Waals surface area contributed by atoms with E-state index in [1.165, 1.54) is 0 Å². The number of hydrogen-bond donors (Lipinski definition) is 0. The third kappa shape index (κ3) is 2.87. The van der Waals surface area contributed by atoms with E-state index in [1.807, 2.05) is 36.4 Å². The molecule has 1 heterocycles. The van der Waals surface area contributed by atoms with E-state index in [9.17, 15) is 0 Å². The highest BCUT2D eigenvalue weighted by molar-refractivity contribution is 6.32. The number of rotatable bonds is 3. The quantitative estimate of drug-likeness (QED) is 0.735. The van der Waals surface area contributed by atoms with Crippen LogP contribution in [0.25, 0.3) is 0 Å². The predicted molar refractivity (Wildman–Crippen MR) is 63.9 cm³/mol. The Hall–Kier alpha value is -1.74. The number of pyridine rings is 1. The molecule has 0 aliphatic carbocycles. The van der Waals surface area contributed by atoms with Gasteiger partial charge < -0.3 is 0 Å². The van der Waals surface area contributed by atoms with Crippen LogP contribution in [0.15, 0.2) is 58.9 Å². The number of nitrogens with zero attached hydrogens (tertiary/aromatic N) is 3. The van der Waals surface area contributed by atoms with Gasteiger partial charge in [0.25, 0.3) is 0 Å². The van der Waals surface area contributed by atoms with Crippen LogP contribution in [0.3, 0.4) is 0 Å². The molecular weight excluding hydrogens is 222 g/mol. The van der Waals surface area contributed by atoms with Crippen molar-refractivity contribution in [3.05, 3.63) is 59.4 Å². The molecule has 0 saturated heterocycles. The van der Waals surface area contributed by atoms with Crippen LogP contribution < -0.4 is 0 Å². The summed E-state index contributed by atoms with van der Waals surface area (Å²) in [6.07, 6.45) is 1.74. The molecule has 2 rings (SSSR count). The zero-order valence-electron chi connectivity index (χ0n) is 8.55. The fourth-order valence-corrected chi connectivity index (χ4v) is 1.38. The molecule has 0 aliphatic rings. The van der Waals surface area contributed by atoms with E-state index in [4.69, 9.17) is 11.6 Å². The fourth-order valence-electron chi connectivity index (χ4n) is 1.21. The summed E-state index contributed by atoms with van der Waals surface area (Å²) >= 11 is 5.94. The first-order valence-corrected chi connectivity index (χ1v) is 5.26. The summed E-state index contributed by atoms with van der Waals surface area (Å²) in [5.41, 5.74) is 1.57. The first-order chi connectivity index (χ1) is 7.86. The summed E-state index contributed by atoms with van der Waals surface area (Å²) in [7, 11) is 0. The molecule has 1 aromatic carbocycles. The zero-order chi connectivity index (χ0) is 11.2. The van der Waals surface area contributed by atoms with Gasteiger partial charge >= 0.3 is 0 Å². The van der Waals surface area contributed by atoms with Crippen LogP contribution in [-0.2, 0) is 6.54 Å². The Morgan fingerprint density at radius 2 is 1.88 bits per heavy atom. The van der Waals surface area contributed by atoms with Crippen LogP contribution >= 0.6 is 11.6 Å². The molecule has 0 atom stereocenters. The summed E-state index contributed by atoms with van der Waals surface area (Å²) in [5, 5.41) is 8.71. The molecule has 2 aromatic rings. The molecule has 0 fully saturated rings. The molecular formula is C12H10ClN3. The topological polar surface area (TPSA) is 37.6 Å². The van der Waals surface area contributed by atoms with Crippen molar-refractivity contribution in [2.45, 2.75) is 6.54 Å². The largest absolute Gasteiger partial charge is 0.259 e. The number of benzene rings is 1. The Bertz CT molecular complexity index is 483. The Morgan fingerprint density at radius 1 is 1.06 bits per heavy atom. The van der Waals surface area contributed by atoms with Crippen LogP contribution in [0.1, 0.15) is 5.69 Å². The number of hydrogen-bond acceptors (Lipinski definition) is 3. The van der Waals surface area contributed by atoms with Gasteiger partial charge in [0.05, 0.1) is 10.7 Å². The van der Waals surface area contributed by atoms with E-state index in [0.29, 0.717) is 17.3 Å². The predicted octanol–water partition coefficient (Wildman–Crippen LogP) is 4.02. The van der Waals surface area contributed by atoms with Gasteiger partial charge in [0.15, 0.2) is 0 Å². The highest BCUT2D eigenvalue weighted by atomic mass is 35.5. The van der Waals surface area contributed by atoms with Gasteiger partial charge in [-0.15, -0.1) is 0 Å². The second kappa shape index (κ2) is 5.37. The van der Waals surface area contributed by atoms with Gasteiger partial charge in [-0.25, -0.2) is 0 Å². The van der Waals surface area contributed by atoms with Crippen molar-refractivity contribution in [1.82, 2.24) is 4.98 Å². The number of aromatic nitrogens is 1. The molecule has 0 N–H and O–H groups in total. The summed E-state index contributed by atoms with van der Waals surface area (Å²) in [4.78, 5) is 4.15. The minimum atomic E-state index is 0.464.